The molecule has 20 heavy (non-hydrogen) atoms. The summed E-state index contributed by atoms with van der Waals surface area (Å²) in [5.74, 6) is 0.0457. The van der Waals surface area contributed by atoms with Crippen LogP contribution in [0.15, 0.2) is 30.5 Å². The third kappa shape index (κ3) is 2.00. The van der Waals surface area contributed by atoms with Crippen LogP contribution < -0.4 is 10.6 Å². The maximum atomic E-state index is 12.5. The van der Waals surface area contributed by atoms with Crippen molar-refractivity contribution < 1.29 is 4.79 Å². The number of piperidine rings is 1. The molecule has 2 aromatic rings. The van der Waals surface area contributed by atoms with Gasteiger partial charge in [0.15, 0.2) is 0 Å². The summed E-state index contributed by atoms with van der Waals surface area (Å²) in [6.07, 6.45) is 6.50. The van der Waals surface area contributed by atoms with Gasteiger partial charge in [-0.05, 0) is 37.8 Å². The molecule has 0 aliphatic carbocycles. The predicted octanol–water partition coefficient (Wildman–Crippen LogP) is 2.18. The highest BCUT2D eigenvalue weighted by atomic mass is 16.1. The Kier molecular flexibility index (Phi) is 2.77. The predicted molar refractivity (Wildman–Crippen MR) is 78.7 cm³/mol. The Hall–Kier alpha value is -1.81. The van der Waals surface area contributed by atoms with E-state index in [-0.39, 0.29) is 5.91 Å². The van der Waals surface area contributed by atoms with Crippen molar-refractivity contribution in [2.75, 3.05) is 0 Å². The van der Waals surface area contributed by atoms with E-state index in [1.165, 1.54) is 12.8 Å². The van der Waals surface area contributed by atoms with Gasteiger partial charge in [-0.1, -0.05) is 12.1 Å². The highest BCUT2D eigenvalue weighted by Crippen LogP contribution is 2.27. The maximum Gasteiger partial charge on any atom is 0.253 e. The number of rotatable bonds is 2. The van der Waals surface area contributed by atoms with Gasteiger partial charge < -0.3 is 15.6 Å². The number of benzene rings is 1. The number of fused-ring (bicyclic) bond motifs is 3. The number of amides is 1. The molecule has 2 unspecified atom stereocenters. The second-order valence-electron chi connectivity index (χ2n) is 6.03. The van der Waals surface area contributed by atoms with Gasteiger partial charge in [0.1, 0.15) is 0 Å². The molecule has 4 rings (SSSR count). The van der Waals surface area contributed by atoms with Gasteiger partial charge in [0.05, 0.1) is 11.1 Å². The highest BCUT2D eigenvalue weighted by molar-refractivity contribution is 6.05. The Bertz CT molecular complexity index is 636. The van der Waals surface area contributed by atoms with Crippen LogP contribution in [0.1, 0.15) is 36.0 Å². The Morgan fingerprint density at radius 3 is 2.75 bits per heavy atom. The van der Waals surface area contributed by atoms with Gasteiger partial charge in [0, 0.05) is 29.7 Å². The van der Waals surface area contributed by atoms with Crippen LogP contribution in [0.25, 0.3) is 10.9 Å². The fraction of sp³-hybridized carbons (Fsp3) is 0.438. The van der Waals surface area contributed by atoms with Crippen LogP contribution in [0, 0.1) is 0 Å². The van der Waals surface area contributed by atoms with Crippen molar-refractivity contribution >= 4 is 16.8 Å². The van der Waals surface area contributed by atoms with Crippen LogP contribution in [-0.2, 0) is 0 Å². The molecule has 2 fully saturated rings. The Labute approximate surface area is 117 Å². The van der Waals surface area contributed by atoms with Crippen LogP contribution in [0.2, 0.25) is 0 Å². The fourth-order valence-corrected chi connectivity index (χ4v) is 3.71. The zero-order chi connectivity index (χ0) is 13.5. The van der Waals surface area contributed by atoms with Gasteiger partial charge in [0.2, 0.25) is 0 Å². The van der Waals surface area contributed by atoms with E-state index in [2.05, 4.69) is 15.6 Å². The quantitative estimate of drug-likeness (QED) is 0.782. The van der Waals surface area contributed by atoms with Gasteiger partial charge in [-0.2, -0.15) is 0 Å². The van der Waals surface area contributed by atoms with Crippen molar-refractivity contribution in [3.8, 4) is 0 Å². The zero-order valence-corrected chi connectivity index (χ0v) is 11.4. The van der Waals surface area contributed by atoms with Crippen molar-refractivity contribution in [1.29, 1.82) is 0 Å². The summed E-state index contributed by atoms with van der Waals surface area (Å²) in [5.41, 5.74) is 1.68. The maximum absolute atomic E-state index is 12.5. The lowest BCUT2D eigenvalue weighted by atomic mass is 9.99. The number of hydrogen-bond donors (Lipinski definition) is 3. The van der Waals surface area contributed by atoms with Crippen LogP contribution in [0.5, 0.6) is 0 Å². The van der Waals surface area contributed by atoms with Crippen LogP contribution in [0.3, 0.4) is 0 Å². The molecular weight excluding hydrogens is 250 g/mol. The number of carbonyl (C=O) groups excluding carboxylic acids is 1. The molecule has 0 spiro atoms. The summed E-state index contributed by atoms with van der Waals surface area (Å²) >= 11 is 0. The lowest BCUT2D eigenvalue weighted by molar-refractivity contribution is 0.0925. The van der Waals surface area contributed by atoms with Crippen LogP contribution >= 0.6 is 0 Å². The van der Waals surface area contributed by atoms with E-state index in [1.54, 1.807) is 0 Å². The SMILES string of the molecule is O=C(NC1CC2CCC(C1)N2)c1cccc2cc[nH]c12. The molecule has 1 aromatic heterocycles. The number of aromatic nitrogens is 1. The zero-order valence-electron chi connectivity index (χ0n) is 11.4. The number of aromatic amines is 1. The minimum Gasteiger partial charge on any atom is -0.361 e. The van der Waals surface area contributed by atoms with E-state index < -0.39 is 0 Å². The largest absolute Gasteiger partial charge is 0.361 e. The van der Waals surface area contributed by atoms with Crippen molar-refractivity contribution in [2.45, 2.75) is 43.8 Å². The first kappa shape index (κ1) is 12.0. The molecule has 2 atom stereocenters. The Balaban J connectivity index is 1.54. The van der Waals surface area contributed by atoms with E-state index >= 15 is 0 Å². The normalized spacial score (nSPS) is 28.7. The van der Waals surface area contributed by atoms with Gasteiger partial charge in [-0.3, -0.25) is 4.79 Å². The molecule has 2 aliphatic heterocycles. The highest BCUT2D eigenvalue weighted by Gasteiger charge is 2.34. The minimum absolute atomic E-state index is 0.0457. The molecule has 1 aromatic carbocycles. The van der Waals surface area contributed by atoms with Gasteiger partial charge in [0.25, 0.3) is 5.91 Å². The summed E-state index contributed by atoms with van der Waals surface area (Å²) in [4.78, 5) is 15.7. The number of nitrogens with one attached hydrogen (secondary N) is 3. The third-order valence-electron chi connectivity index (χ3n) is 4.64. The average molecular weight is 269 g/mol. The smallest absolute Gasteiger partial charge is 0.253 e. The summed E-state index contributed by atoms with van der Waals surface area (Å²) in [6.45, 7) is 0. The first-order valence-electron chi connectivity index (χ1n) is 7.42. The van der Waals surface area contributed by atoms with Gasteiger partial charge in [-0.15, -0.1) is 0 Å². The molecule has 2 bridgehead atoms. The molecule has 1 amide bonds. The van der Waals surface area contributed by atoms with Crippen molar-refractivity contribution in [3.63, 3.8) is 0 Å². The second kappa shape index (κ2) is 4.63. The van der Waals surface area contributed by atoms with E-state index in [0.717, 1.165) is 29.3 Å². The minimum atomic E-state index is 0.0457. The monoisotopic (exact) mass is 269 g/mol. The molecule has 3 heterocycles. The summed E-state index contributed by atoms with van der Waals surface area (Å²) < 4.78 is 0. The molecule has 2 aliphatic rings. The number of H-pyrrole nitrogens is 1. The van der Waals surface area contributed by atoms with Crippen molar-refractivity contribution in [2.24, 2.45) is 0 Å². The van der Waals surface area contributed by atoms with Crippen LogP contribution in [-0.4, -0.2) is 29.0 Å². The second-order valence-corrected chi connectivity index (χ2v) is 6.03. The number of hydrogen-bond acceptors (Lipinski definition) is 2. The average Bonchev–Trinajstić information content (AvgIpc) is 3.04. The molecule has 104 valence electrons. The molecule has 0 saturated carbocycles. The van der Waals surface area contributed by atoms with Crippen LogP contribution in [0.4, 0.5) is 0 Å². The fourth-order valence-electron chi connectivity index (χ4n) is 3.71. The third-order valence-corrected chi connectivity index (χ3v) is 4.64. The van der Waals surface area contributed by atoms with E-state index in [0.29, 0.717) is 18.1 Å². The number of para-hydroxylation sites is 1. The van der Waals surface area contributed by atoms with E-state index in [9.17, 15) is 4.79 Å². The molecular formula is C16H19N3O. The topological polar surface area (TPSA) is 56.9 Å². The summed E-state index contributed by atoms with van der Waals surface area (Å²) in [6, 6.07) is 9.36. The van der Waals surface area contributed by atoms with Crippen molar-refractivity contribution in [3.05, 3.63) is 36.0 Å². The Morgan fingerprint density at radius 1 is 1.15 bits per heavy atom. The first-order chi connectivity index (χ1) is 9.79. The molecule has 0 radical (unpaired) electrons. The molecule has 4 nitrogen and oxygen atoms in total. The molecule has 2 saturated heterocycles. The summed E-state index contributed by atoms with van der Waals surface area (Å²) in [7, 11) is 0. The summed E-state index contributed by atoms with van der Waals surface area (Å²) in [5, 5.41) is 7.91. The standard InChI is InChI=1S/C16H19N3O/c20-16(14-3-1-2-10-6-7-17-15(10)14)19-13-8-11-4-5-12(9-13)18-11/h1-3,6-7,11-13,17-18H,4-5,8-9H2,(H,19,20). The van der Waals surface area contributed by atoms with Gasteiger partial charge in [-0.25, -0.2) is 0 Å². The van der Waals surface area contributed by atoms with E-state index in [4.69, 9.17) is 0 Å². The molecule has 3 N–H and O–H groups in total. The first-order valence-corrected chi connectivity index (χ1v) is 7.42. The lowest BCUT2D eigenvalue weighted by Crippen LogP contribution is -2.48. The van der Waals surface area contributed by atoms with Crippen molar-refractivity contribution in [1.82, 2.24) is 15.6 Å². The number of carbonyl (C=O) groups is 1. The molecule has 4 heteroatoms. The Morgan fingerprint density at radius 2 is 1.95 bits per heavy atom. The van der Waals surface area contributed by atoms with E-state index in [1.807, 2.05) is 30.5 Å². The van der Waals surface area contributed by atoms with Gasteiger partial charge >= 0.3 is 0 Å². The lowest BCUT2D eigenvalue weighted by Gasteiger charge is -2.29.